The quantitative estimate of drug-likeness (QED) is 0.677. The lowest BCUT2D eigenvalue weighted by Crippen LogP contribution is -2.19. The number of hydrogen-bond acceptors (Lipinski definition) is 3. The van der Waals surface area contributed by atoms with Crippen molar-refractivity contribution in [2.75, 3.05) is 24.9 Å². The van der Waals surface area contributed by atoms with Crippen molar-refractivity contribution in [3.05, 3.63) is 60.7 Å². The van der Waals surface area contributed by atoms with Gasteiger partial charge in [0.05, 0.1) is 14.2 Å². The molecule has 24 heavy (non-hydrogen) atoms. The van der Waals surface area contributed by atoms with Crippen molar-refractivity contribution >= 4 is 39.5 Å². The molecule has 3 aromatic rings. The van der Waals surface area contributed by atoms with E-state index in [9.17, 15) is 0 Å². The first-order chi connectivity index (χ1) is 11.7. The second-order valence-electron chi connectivity index (χ2n) is 5.21. The van der Waals surface area contributed by atoms with Crippen molar-refractivity contribution < 1.29 is 9.47 Å². The van der Waals surface area contributed by atoms with Crippen LogP contribution in [0.15, 0.2) is 60.7 Å². The van der Waals surface area contributed by atoms with Crippen molar-refractivity contribution in [2.24, 2.45) is 0 Å². The highest BCUT2D eigenvalue weighted by molar-refractivity contribution is 7.80. The maximum atomic E-state index is 5.44. The fourth-order valence-electron chi connectivity index (χ4n) is 2.50. The molecule has 4 nitrogen and oxygen atoms in total. The van der Waals surface area contributed by atoms with Crippen molar-refractivity contribution in [2.45, 2.75) is 0 Å². The summed E-state index contributed by atoms with van der Waals surface area (Å²) < 4.78 is 10.5. The number of fused-ring (bicyclic) bond motifs is 1. The largest absolute Gasteiger partial charge is 0.497 e. The van der Waals surface area contributed by atoms with E-state index in [0.29, 0.717) is 16.6 Å². The van der Waals surface area contributed by atoms with Crippen LogP contribution in [0.5, 0.6) is 11.5 Å². The number of anilines is 2. The number of benzene rings is 3. The van der Waals surface area contributed by atoms with Crippen LogP contribution < -0.4 is 20.1 Å². The molecule has 0 bridgehead atoms. The lowest BCUT2D eigenvalue weighted by atomic mass is 10.1. The maximum Gasteiger partial charge on any atom is 0.175 e. The van der Waals surface area contributed by atoms with Crippen LogP contribution in [0, 0.1) is 0 Å². The minimum Gasteiger partial charge on any atom is -0.497 e. The molecule has 3 aromatic carbocycles. The third-order valence-electron chi connectivity index (χ3n) is 3.65. The van der Waals surface area contributed by atoms with Gasteiger partial charge >= 0.3 is 0 Å². The Hall–Kier alpha value is -2.79. The number of thiocarbonyl (C=S) groups is 1. The van der Waals surface area contributed by atoms with Crippen LogP contribution in [-0.2, 0) is 0 Å². The molecule has 2 N–H and O–H groups in total. The van der Waals surface area contributed by atoms with Gasteiger partial charge in [-0.05, 0) is 23.7 Å². The van der Waals surface area contributed by atoms with Gasteiger partial charge in [-0.15, -0.1) is 0 Å². The Morgan fingerprint density at radius 3 is 2.21 bits per heavy atom. The summed E-state index contributed by atoms with van der Waals surface area (Å²) in [7, 11) is 3.23. The predicted molar refractivity (Wildman–Crippen MR) is 103 cm³/mol. The molecule has 0 spiro atoms. The van der Waals surface area contributed by atoms with Crippen LogP contribution in [-0.4, -0.2) is 19.3 Å². The monoisotopic (exact) mass is 338 g/mol. The summed E-state index contributed by atoms with van der Waals surface area (Å²) >= 11 is 5.44. The molecule has 0 atom stereocenters. The Bertz CT molecular complexity index is 853. The van der Waals surface area contributed by atoms with Crippen LogP contribution in [0.4, 0.5) is 11.4 Å². The van der Waals surface area contributed by atoms with Crippen molar-refractivity contribution in [1.29, 1.82) is 0 Å². The van der Waals surface area contributed by atoms with Crippen LogP contribution in [0.1, 0.15) is 0 Å². The number of rotatable bonds is 4. The van der Waals surface area contributed by atoms with Crippen LogP contribution in [0.25, 0.3) is 10.8 Å². The van der Waals surface area contributed by atoms with E-state index >= 15 is 0 Å². The van der Waals surface area contributed by atoms with Crippen molar-refractivity contribution in [3.8, 4) is 11.5 Å². The van der Waals surface area contributed by atoms with E-state index in [1.54, 1.807) is 14.2 Å². The van der Waals surface area contributed by atoms with Gasteiger partial charge in [0.15, 0.2) is 5.11 Å². The lowest BCUT2D eigenvalue weighted by molar-refractivity contribution is 0.395. The normalized spacial score (nSPS) is 10.2. The smallest absolute Gasteiger partial charge is 0.175 e. The minimum absolute atomic E-state index is 0.502. The summed E-state index contributed by atoms with van der Waals surface area (Å²) in [5.74, 6) is 1.40. The predicted octanol–water partition coefficient (Wildman–Crippen LogP) is 4.67. The van der Waals surface area contributed by atoms with Gasteiger partial charge < -0.3 is 20.1 Å². The first kappa shape index (κ1) is 16.1. The zero-order chi connectivity index (χ0) is 16.9. The van der Waals surface area contributed by atoms with E-state index in [2.05, 4.69) is 28.8 Å². The average Bonchev–Trinajstić information content (AvgIpc) is 2.61. The second-order valence-corrected chi connectivity index (χ2v) is 5.62. The Balaban J connectivity index is 1.80. The first-order valence-corrected chi connectivity index (χ1v) is 7.89. The molecule has 0 saturated heterocycles. The summed E-state index contributed by atoms with van der Waals surface area (Å²) in [6.07, 6.45) is 0. The Morgan fingerprint density at radius 1 is 0.833 bits per heavy atom. The zero-order valence-electron chi connectivity index (χ0n) is 13.5. The fraction of sp³-hybridized carbons (Fsp3) is 0.105. The summed E-state index contributed by atoms with van der Waals surface area (Å²) in [5.41, 5.74) is 1.75. The standard InChI is InChI=1S/C19H18N2O2S/c1-22-15-10-14(11-16(12-15)23-2)20-19(24)21-18-9-5-7-13-6-3-4-8-17(13)18/h3-12H,1-2H3,(H2,20,21,24). The van der Waals surface area contributed by atoms with Crippen LogP contribution in [0.3, 0.4) is 0 Å². The molecule has 0 unspecified atom stereocenters. The molecule has 0 aliphatic carbocycles. The highest BCUT2D eigenvalue weighted by Crippen LogP contribution is 2.27. The topological polar surface area (TPSA) is 42.5 Å². The van der Waals surface area contributed by atoms with Crippen molar-refractivity contribution in [1.82, 2.24) is 0 Å². The number of ether oxygens (including phenoxy) is 2. The molecule has 3 rings (SSSR count). The van der Waals surface area contributed by atoms with Gasteiger partial charge in [0.1, 0.15) is 11.5 Å². The summed E-state index contributed by atoms with van der Waals surface area (Å²) in [6, 6.07) is 19.8. The molecular formula is C19H18N2O2S. The third kappa shape index (κ3) is 3.58. The average molecular weight is 338 g/mol. The van der Waals surface area contributed by atoms with Crippen LogP contribution >= 0.6 is 12.2 Å². The summed E-state index contributed by atoms with van der Waals surface area (Å²) in [5, 5.41) is 9.19. The minimum atomic E-state index is 0.502. The molecular weight excluding hydrogens is 320 g/mol. The van der Waals surface area contributed by atoms with E-state index in [1.807, 2.05) is 42.5 Å². The van der Waals surface area contributed by atoms with E-state index in [1.165, 1.54) is 0 Å². The maximum absolute atomic E-state index is 5.44. The highest BCUT2D eigenvalue weighted by atomic mass is 32.1. The zero-order valence-corrected chi connectivity index (χ0v) is 14.3. The third-order valence-corrected chi connectivity index (χ3v) is 3.85. The van der Waals surface area contributed by atoms with E-state index in [0.717, 1.165) is 22.1 Å². The Labute approximate surface area is 146 Å². The number of methoxy groups -OCH3 is 2. The summed E-state index contributed by atoms with van der Waals surface area (Å²) in [4.78, 5) is 0. The number of hydrogen-bond donors (Lipinski definition) is 2. The van der Waals surface area contributed by atoms with Gasteiger partial charge in [0, 0.05) is 35.0 Å². The Morgan fingerprint density at radius 2 is 1.50 bits per heavy atom. The van der Waals surface area contributed by atoms with Gasteiger partial charge in [0.25, 0.3) is 0 Å². The van der Waals surface area contributed by atoms with Crippen LogP contribution in [0.2, 0.25) is 0 Å². The van der Waals surface area contributed by atoms with Gasteiger partial charge in [-0.25, -0.2) is 0 Å². The van der Waals surface area contributed by atoms with Gasteiger partial charge in [0.2, 0.25) is 0 Å². The molecule has 0 aromatic heterocycles. The fourth-order valence-corrected chi connectivity index (χ4v) is 2.73. The molecule has 0 saturated carbocycles. The van der Waals surface area contributed by atoms with Gasteiger partial charge in [-0.3, -0.25) is 0 Å². The van der Waals surface area contributed by atoms with E-state index in [4.69, 9.17) is 21.7 Å². The molecule has 122 valence electrons. The second kappa shape index (κ2) is 7.19. The SMILES string of the molecule is COc1cc(NC(=S)Nc2cccc3ccccc23)cc(OC)c1. The Kier molecular flexibility index (Phi) is 4.82. The van der Waals surface area contributed by atoms with Crippen molar-refractivity contribution in [3.63, 3.8) is 0 Å². The number of nitrogens with one attached hydrogen (secondary N) is 2. The van der Waals surface area contributed by atoms with Gasteiger partial charge in [-0.1, -0.05) is 36.4 Å². The summed E-state index contributed by atoms with van der Waals surface area (Å²) in [6.45, 7) is 0. The lowest BCUT2D eigenvalue weighted by Gasteiger charge is -2.14. The van der Waals surface area contributed by atoms with E-state index < -0.39 is 0 Å². The molecule has 0 heterocycles. The molecule has 0 radical (unpaired) electrons. The molecule has 5 heteroatoms. The molecule has 0 aliphatic heterocycles. The molecule has 0 fully saturated rings. The molecule has 0 amide bonds. The first-order valence-electron chi connectivity index (χ1n) is 7.48. The van der Waals surface area contributed by atoms with E-state index in [-0.39, 0.29) is 0 Å². The highest BCUT2D eigenvalue weighted by Gasteiger charge is 2.06. The molecule has 0 aliphatic rings. The van der Waals surface area contributed by atoms with Gasteiger partial charge in [-0.2, -0.15) is 0 Å².